The summed E-state index contributed by atoms with van der Waals surface area (Å²) in [5.74, 6) is -0.334. The molecule has 0 spiro atoms. The summed E-state index contributed by atoms with van der Waals surface area (Å²) in [7, 11) is 0. The van der Waals surface area contributed by atoms with Crippen molar-refractivity contribution in [2.75, 3.05) is 19.8 Å². The SMILES string of the molecule is CCOCCOC(C)OC(C)=O. The van der Waals surface area contributed by atoms with Crippen molar-refractivity contribution in [3.63, 3.8) is 0 Å². The average Bonchev–Trinajstić information content (AvgIpc) is 1.97. The predicted molar refractivity (Wildman–Crippen MR) is 43.7 cm³/mol. The van der Waals surface area contributed by atoms with Crippen molar-refractivity contribution in [2.45, 2.75) is 27.1 Å². The Bertz CT molecular complexity index is 124. The molecule has 0 rings (SSSR count). The largest absolute Gasteiger partial charge is 0.436 e. The third kappa shape index (κ3) is 7.50. The normalized spacial score (nSPS) is 12.6. The fourth-order valence-corrected chi connectivity index (χ4v) is 0.685. The van der Waals surface area contributed by atoms with E-state index < -0.39 is 6.29 Å². The molecule has 0 N–H and O–H groups in total. The van der Waals surface area contributed by atoms with Crippen molar-refractivity contribution in [3.05, 3.63) is 0 Å². The molecule has 0 aromatic carbocycles. The van der Waals surface area contributed by atoms with Crippen LogP contribution >= 0.6 is 0 Å². The molecule has 4 nitrogen and oxygen atoms in total. The van der Waals surface area contributed by atoms with E-state index >= 15 is 0 Å². The van der Waals surface area contributed by atoms with Gasteiger partial charge in [-0.05, 0) is 13.8 Å². The highest BCUT2D eigenvalue weighted by Gasteiger charge is 2.03. The smallest absolute Gasteiger partial charge is 0.304 e. The highest BCUT2D eigenvalue weighted by Crippen LogP contribution is 1.93. The fourth-order valence-electron chi connectivity index (χ4n) is 0.685. The lowest BCUT2D eigenvalue weighted by atomic mass is 10.7. The molecule has 0 heterocycles. The zero-order valence-electron chi connectivity index (χ0n) is 7.83. The van der Waals surface area contributed by atoms with Gasteiger partial charge in [-0.2, -0.15) is 0 Å². The van der Waals surface area contributed by atoms with Crippen LogP contribution < -0.4 is 0 Å². The Morgan fingerprint density at radius 2 is 2.08 bits per heavy atom. The van der Waals surface area contributed by atoms with Crippen LogP contribution in [0.1, 0.15) is 20.8 Å². The number of carbonyl (C=O) groups is 1. The third-order valence-corrected chi connectivity index (χ3v) is 1.12. The van der Waals surface area contributed by atoms with Crippen molar-refractivity contribution in [3.8, 4) is 0 Å². The van der Waals surface area contributed by atoms with E-state index in [-0.39, 0.29) is 5.97 Å². The summed E-state index contributed by atoms with van der Waals surface area (Å²) >= 11 is 0. The molecule has 0 aliphatic carbocycles. The molecule has 0 saturated heterocycles. The van der Waals surface area contributed by atoms with Gasteiger partial charge in [0, 0.05) is 13.5 Å². The molecule has 0 fully saturated rings. The van der Waals surface area contributed by atoms with E-state index in [1.54, 1.807) is 6.92 Å². The van der Waals surface area contributed by atoms with Gasteiger partial charge in [-0.25, -0.2) is 0 Å². The van der Waals surface area contributed by atoms with E-state index in [1.807, 2.05) is 6.92 Å². The van der Waals surface area contributed by atoms with E-state index in [4.69, 9.17) is 14.2 Å². The minimum atomic E-state index is -0.483. The molecule has 0 aromatic rings. The van der Waals surface area contributed by atoms with Gasteiger partial charge in [-0.15, -0.1) is 0 Å². The van der Waals surface area contributed by atoms with Crippen molar-refractivity contribution in [1.29, 1.82) is 0 Å². The number of rotatable bonds is 6. The summed E-state index contributed by atoms with van der Waals surface area (Å²) in [5.41, 5.74) is 0. The van der Waals surface area contributed by atoms with Crippen LogP contribution in [0.5, 0.6) is 0 Å². The maximum Gasteiger partial charge on any atom is 0.304 e. The van der Waals surface area contributed by atoms with Gasteiger partial charge in [0.05, 0.1) is 13.2 Å². The Hall–Kier alpha value is -0.610. The van der Waals surface area contributed by atoms with Gasteiger partial charge in [0.25, 0.3) is 0 Å². The minimum Gasteiger partial charge on any atom is -0.436 e. The first kappa shape index (κ1) is 11.4. The first-order valence-electron chi connectivity index (χ1n) is 4.03. The van der Waals surface area contributed by atoms with Crippen LogP contribution in [0, 0.1) is 0 Å². The second kappa shape index (κ2) is 7.06. The standard InChI is InChI=1S/C8H16O4/c1-4-10-5-6-11-8(3)12-7(2)9/h8H,4-6H2,1-3H3. The number of esters is 1. The molecular weight excluding hydrogens is 160 g/mol. The first-order chi connectivity index (χ1) is 5.66. The molecular formula is C8H16O4. The quantitative estimate of drug-likeness (QED) is 0.343. The van der Waals surface area contributed by atoms with Crippen LogP contribution in [0.25, 0.3) is 0 Å². The summed E-state index contributed by atoms with van der Waals surface area (Å²) in [4.78, 5) is 10.4. The van der Waals surface area contributed by atoms with Crippen molar-refractivity contribution in [2.24, 2.45) is 0 Å². The summed E-state index contributed by atoms with van der Waals surface area (Å²) in [6.07, 6.45) is -0.483. The number of carbonyl (C=O) groups excluding carboxylic acids is 1. The summed E-state index contributed by atoms with van der Waals surface area (Å²) in [6, 6.07) is 0. The topological polar surface area (TPSA) is 44.8 Å². The van der Waals surface area contributed by atoms with Crippen molar-refractivity contribution >= 4 is 5.97 Å². The molecule has 0 saturated carbocycles. The maximum absolute atomic E-state index is 10.4. The van der Waals surface area contributed by atoms with Crippen molar-refractivity contribution in [1.82, 2.24) is 0 Å². The molecule has 0 radical (unpaired) electrons. The van der Waals surface area contributed by atoms with E-state index in [0.717, 1.165) is 0 Å². The summed E-state index contributed by atoms with van der Waals surface area (Å²) < 4.78 is 14.8. The Balaban J connectivity index is 3.19. The molecule has 0 aliphatic rings. The van der Waals surface area contributed by atoms with Crippen LogP contribution in [-0.2, 0) is 19.0 Å². The van der Waals surface area contributed by atoms with E-state index in [9.17, 15) is 4.79 Å². The van der Waals surface area contributed by atoms with Gasteiger partial charge in [0.15, 0.2) is 6.29 Å². The monoisotopic (exact) mass is 176 g/mol. The molecule has 0 amide bonds. The van der Waals surface area contributed by atoms with Crippen LogP contribution in [-0.4, -0.2) is 32.1 Å². The zero-order valence-corrected chi connectivity index (χ0v) is 7.83. The summed E-state index contributed by atoms with van der Waals surface area (Å²) in [6.45, 7) is 6.58. The molecule has 72 valence electrons. The predicted octanol–water partition coefficient (Wildman–Crippen LogP) is 0.949. The molecule has 0 bridgehead atoms. The van der Waals surface area contributed by atoms with E-state index in [2.05, 4.69) is 0 Å². The lowest BCUT2D eigenvalue weighted by Crippen LogP contribution is -2.18. The Morgan fingerprint density at radius 3 is 2.58 bits per heavy atom. The first-order valence-corrected chi connectivity index (χ1v) is 4.03. The second-order valence-corrected chi connectivity index (χ2v) is 2.24. The lowest BCUT2D eigenvalue weighted by molar-refractivity contribution is -0.174. The molecule has 4 heteroatoms. The highest BCUT2D eigenvalue weighted by molar-refractivity contribution is 5.65. The highest BCUT2D eigenvalue weighted by atomic mass is 16.7. The Morgan fingerprint density at radius 1 is 1.42 bits per heavy atom. The van der Waals surface area contributed by atoms with Gasteiger partial charge in [-0.3, -0.25) is 4.79 Å². The van der Waals surface area contributed by atoms with Crippen LogP contribution in [0.15, 0.2) is 0 Å². The summed E-state index contributed by atoms with van der Waals surface area (Å²) in [5, 5.41) is 0. The molecule has 1 unspecified atom stereocenters. The Labute approximate surface area is 72.8 Å². The van der Waals surface area contributed by atoms with Crippen LogP contribution in [0.2, 0.25) is 0 Å². The van der Waals surface area contributed by atoms with Gasteiger partial charge in [-0.1, -0.05) is 0 Å². The third-order valence-electron chi connectivity index (χ3n) is 1.12. The van der Waals surface area contributed by atoms with Gasteiger partial charge < -0.3 is 14.2 Å². The second-order valence-electron chi connectivity index (χ2n) is 2.24. The van der Waals surface area contributed by atoms with Gasteiger partial charge >= 0.3 is 5.97 Å². The average molecular weight is 176 g/mol. The lowest BCUT2D eigenvalue weighted by Gasteiger charge is -2.12. The molecule has 1 atom stereocenters. The van der Waals surface area contributed by atoms with E-state index in [1.165, 1.54) is 6.92 Å². The fraction of sp³-hybridized carbons (Fsp3) is 0.875. The van der Waals surface area contributed by atoms with Gasteiger partial charge in [0.2, 0.25) is 0 Å². The van der Waals surface area contributed by atoms with Crippen LogP contribution in [0.3, 0.4) is 0 Å². The van der Waals surface area contributed by atoms with Gasteiger partial charge in [0.1, 0.15) is 0 Å². The number of ether oxygens (including phenoxy) is 3. The number of hydrogen-bond donors (Lipinski definition) is 0. The van der Waals surface area contributed by atoms with Crippen molar-refractivity contribution < 1.29 is 19.0 Å². The molecule has 12 heavy (non-hydrogen) atoms. The maximum atomic E-state index is 10.4. The Kier molecular flexibility index (Phi) is 6.70. The zero-order chi connectivity index (χ0) is 9.40. The van der Waals surface area contributed by atoms with E-state index in [0.29, 0.717) is 19.8 Å². The molecule has 0 aliphatic heterocycles. The van der Waals surface area contributed by atoms with Crippen LogP contribution in [0.4, 0.5) is 0 Å². The minimum absolute atomic E-state index is 0.334. The number of hydrogen-bond acceptors (Lipinski definition) is 4. The molecule has 0 aromatic heterocycles.